The van der Waals surface area contributed by atoms with E-state index in [1.165, 1.54) is 0 Å². The Labute approximate surface area is 171 Å². The fraction of sp³-hybridized carbons (Fsp3) is 0.381. The molecule has 0 aliphatic heterocycles. The number of hydrogen-bond acceptors (Lipinski definition) is 5. The van der Waals surface area contributed by atoms with Crippen molar-refractivity contribution in [2.24, 2.45) is 0 Å². The smallest absolute Gasteiger partial charge is 0.390 e. The van der Waals surface area contributed by atoms with Crippen LogP contribution in [-0.2, 0) is 6.42 Å². The second-order valence-electron chi connectivity index (χ2n) is 7.16. The van der Waals surface area contributed by atoms with Crippen molar-refractivity contribution >= 4 is 11.3 Å². The summed E-state index contributed by atoms with van der Waals surface area (Å²) in [6.07, 6.45) is -2.22. The van der Waals surface area contributed by atoms with Crippen molar-refractivity contribution in [2.75, 3.05) is 18.5 Å². The molecule has 162 valence electrons. The Bertz CT molecular complexity index is 1020. The van der Waals surface area contributed by atoms with Crippen LogP contribution in [0.15, 0.2) is 36.7 Å². The minimum absolute atomic E-state index is 0.00972. The third-order valence-corrected chi connectivity index (χ3v) is 4.85. The highest BCUT2D eigenvalue weighted by Gasteiger charge is 2.26. The van der Waals surface area contributed by atoms with Gasteiger partial charge in [-0.2, -0.15) is 13.2 Å². The van der Waals surface area contributed by atoms with Crippen LogP contribution in [0.2, 0.25) is 0 Å². The SMILES string of the molecule is Cc1cc(-c2cnc3c(NCCC(F)(F)F)cc(CCCO)cn23)ccc1C(O)O. The van der Waals surface area contributed by atoms with Crippen molar-refractivity contribution in [3.8, 4) is 11.3 Å². The molecule has 30 heavy (non-hydrogen) atoms. The Morgan fingerprint density at radius 2 is 1.97 bits per heavy atom. The van der Waals surface area contributed by atoms with E-state index >= 15 is 0 Å². The molecule has 0 fully saturated rings. The van der Waals surface area contributed by atoms with Gasteiger partial charge >= 0.3 is 6.18 Å². The molecule has 0 aliphatic carbocycles. The molecule has 9 heteroatoms. The number of alkyl halides is 3. The van der Waals surface area contributed by atoms with E-state index in [2.05, 4.69) is 10.3 Å². The fourth-order valence-corrected chi connectivity index (χ4v) is 3.37. The van der Waals surface area contributed by atoms with Gasteiger partial charge in [-0.05, 0) is 43.0 Å². The molecule has 2 heterocycles. The Kier molecular flexibility index (Phi) is 6.64. The minimum Gasteiger partial charge on any atom is -0.396 e. The summed E-state index contributed by atoms with van der Waals surface area (Å²) in [4.78, 5) is 4.39. The molecule has 0 saturated carbocycles. The summed E-state index contributed by atoms with van der Waals surface area (Å²) in [7, 11) is 0. The van der Waals surface area contributed by atoms with Crippen LogP contribution in [0.5, 0.6) is 0 Å². The normalized spacial score (nSPS) is 12.1. The van der Waals surface area contributed by atoms with Crippen molar-refractivity contribution in [1.29, 1.82) is 0 Å². The third kappa shape index (κ3) is 5.10. The average molecular weight is 423 g/mol. The van der Waals surface area contributed by atoms with Gasteiger partial charge in [0, 0.05) is 30.5 Å². The zero-order valence-corrected chi connectivity index (χ0v) is 16.4. The number of rotatable bonds is 8. The number of aliphatic hydroxyl groups is 3. The van der Waals surface area contributed by atoms with Crippen LogP contribution >= 0.6 is 0 Å². The molecule has 0 aliphatic rings. The van der Waals surface area contributed by atoms with E-state index in [-0.39, 0.29) is 13.2 Å². The molecule has 0 saturated heterocycles. The van der Waals surface area contributed by atoms with Gasteiger partial charge in [0.2, 0.25) is 0 Å². The van der Waals surface area contributed by atoms with Crippen molar-refractivity contribution in [3.05, 3.63) is 53.3 Å². The largest absolute Gasteiger partial charge is 0.396 e. The van der Waals surface area contributed by atoms with Gasteiger partial charge in [0.25, 0.3) is 0 Å². The number of aromatic nitrogens is 2. The lowest BCUT2D eigenvalue weighted by molar-refractivity contribution is -0.131. The number of aryl methyl sites for hydroxylation is 2. The van der Waals surface area contributed by atoms with E-state index in [1.54, 1.807) is 41.8 Å². The van der Waals surface area contributed by atoms with Gasteiger partial charge in [-0.15, -0.1) is 0 Å². The molecule has 0 unspecified atom stereocenters. The lowest BCUT2D eigenvalue weighted by atomic mass is 10.0. The highest BCUT2D eigenvalue weighted by atomic mass is 19.4. The Morgan fingerprint density at radius 3 is 2.60 bits per heavy atom. The van der Waals surface area contributed by atoms with Gasteiger partial charge in [-0.1, -0.05) is 12.1 Å². The lowest BCUT2D eigenvalue weighted by Gasteiger charge is -2.14. The maximum Gasteiger partial charge on any atom is 0.390 e. The summed E-state index contributed by atoms with van der Waals surface area (Å²) in [6.45, 7) is 1.50. The molecule has 0 bridgehead atoms. The monoisotopic (exact) mass is 423 g/mol. The Balaban J connectivity index is 2.02. The number of nitrogens with zero attached hydrogens (tertiary/aromatic N) is 2. The molecule has 3 aromatic rings. The summed E-state index contributed by atoms with van der Waals surface area (Å²) in [5, 5.41) is 30.8. The predicted molar refractivity (Wildman–Crippen MR) is 107 cm³/mol. The van der Waals surface area contributed by atoms with E-state index in [4.69, 9.17) is 5.11 Å². The van der Waals surface area contributed by atoms with Crippen LogP contribution in [-0.4, -0.2) is 44.0 Å². The van der Waals surface area contributed by atoms with Gasteiger partial charge < -0.3 is 20.6 Å². The fourth-order valence-electron chi connectivity index (χ4n) is 3.37. The van der Waals surface area contributed by atoms with Gasteiger partial charge in [-0.3, -0.25) is 4.40 Å². The summed E-state index contributed by atoms with van der Waals surface area (Å²) < 4.78 is 39.4. The predicted octanol–water partition coefficient (Wildman–Crippen LogP) is 3.58. The molecule has 3 rings (SSSR count). The number of benzene rings is 1. The van der Waals surface area contributed by atoms with Crippen molar-refractivity contribution < 1.29 is 28.5 Å². The number of nitrogens with one attached hydrogen (secondary N) is 1. The van der Waals surface area contributed by atoms with Gasteiger partial charge in [0.1, 0.15) is 0 Å². The summed E-state index contributed by atoms with van der Waals surface area (Å²) in [5.74, 6) is 0. The Morgan fingerprint density at radius 1 is 1.20 bits per heavy atom. The van der Waals surface area contributed by atoms with Gasteiger partial charge in [0.15, 0.2) is 11.9 Å². The summed E-state index contributed by atoms with van der Waals surface area (Å²) >= 11 is 0. The van der Waals surface area contributed by atoms with Crippen molar-refractivity contribution in [3.63, 3.8) is 0 Å². The van der Waals surface area contributed by atoms with E-state index in [0.717, 1.165) is 16.8 Å². The molecule has 4 N–H and O–H groups in total. The number of halogens is 3. The standard InChI is InChI=1S/C21H24F3N3O3/c1-13-9-15(4-5-16(13)20(29)30)18-11-26-19-17(25-7-6-21(22,23)24)10-14(3-2-8-28)12-27(18)19/h4-5,9-12,20,25,28-30H,2-3,6-8H2,1H3. The maximum atomic E-state index is 12.5. The first-order valence-electron chi connectivity index (χ1n) is 9.58. The van der Waals surface area contributed by atoms with Crippen LogP contribution in [0.1, 0.15) is 35.8 Å². The Hall–Kier alpha value is -2.62. The zero-order chi connectivity index (χ0) is 21.9. The van der Waals surface area contributed by atoms with Crippen molar-refractivity contribution in [1.82, 2.24) is 9.38 Å². The first-order chi connectivity index (χ1) is 14.2. The van der Waals surface area contributed by atoms with Gasteiger partial charge in [-0.25, -0.2) is 4.98 Å². The summed E-state index contributed by atoms with van der Waals surface area (Å²) in [6, 6.07) is 6.92. The number of fused-ring (bicyclic) bond motifs is 1. The molecule has 1 aromatic carbocycles. The molecule has 0 amide bonds. The lowest BCUT2D eigenvalue weighted by Crippen LogP contribution is -2.15. The van der Waals surface area contributed by atoms with Crippen LogP contribution in [0, 0.1) is 6.92 Å². The first-order valence-corrected chi connectivity index (χ1v) is 9.58. The zero-order valence-electron chi connectivity index (χ0n) is 16.4. The maximum absolute atomic E-state index is 12.5. The van der Waals surface area contributed by atoms with E-state index < -0.39 is 18.9 Å². The minimum atomic E-state index is -4.26. The van der Waals surface area contributed by atoms with Crippen LogP contribution in [0.4, 0.5) is 18.9 Å². The first kappa shape index (κ1) is 22.1. The second kappa shape index (κ2) is 9.03. The van der Waals surface area contributed by atoms with Crippen molar-refractivity contribution in [2.45, 2.75) is 38.7 Å². The quantitative estimate of drug-likeness (QED) is 0.416. The number of aliphatic hydroxyl groups excluding tert-OH is 2. The number of hydrogen-bond donors (Lipinski definition) is 4. The molecular weight excluding hydrogens is 399 g/mol. The summed E-state index contributed by atoms with van der Waals surface area (Å²) in [5.41, 5.74) is 4.42. The molecule has 2 aromatic heterocycles. The topological polar surface area (TPSA) is 90.0 Å². The molecular formula is C21H24F3N3O3. The van der Waals surface area contributed by atoms with Crippen LogP contribution < -0.4 is 5.32 Å². The highest BCUT2D eigenvalue weighted by molar-refractivity contribution is 5.74. The number of pyridine rings is 1. The van der Waals surface area contributed by atoms with Crippen LogP contribution in [0.25, 0.3) is 16.9 Å². The molecule has 0 atom stereocenters. The second-order valence-corrected chi connectivity index (χ2v) is 7.16. The van der Waals surface area contributed by atoms with E-state index in [9.17, 15) is 23.4 Å². The highest BCUT2D eigenvalue weighted by Crippen LogP contribution is 2.29. The third-order valence-electron chi connectivity index (χ3n) is 4.85. The molecule has 0 spiro atoms. The molecule has 6 nitrogen and oxygen atoms in total. The van der Waals surface area contributed by atoms with E-state index in [0.29, 0.717) is 35.3 Å². The number of anilines is 1. The van der Waals surface area contributed by atoms with Gasteiger partial charge in [0.05, 0.1) is 24.0 Å². The van der Waals surface area contributed by atoms with E-state index in [1.807, 2.05) is 6.20 Å². The number of imidazole rings is 1. The average Bonchev–Trinajstić information content (AvgIpc) is 3.09. The van der Waals surface area contributed by atoms with Crippen LogP contribution in [0.3, 0.4) is 0 Å². The molecule has 0 radical (unpaired) electrons.